The molecule has 0 aromatic heterocycles. The number of hydrogen-bond acceptors (Lipinski definition) is 1. The first-order chi connectivity index (χ1) is 7.31. The molecule has 1 aromatic carbocycles. The predicted molar refractivity (Wildman–Crippen MR) is 60.4 cm³/mol. The maximum absolute atomic E-state index is 13.1. The Bertz CT molecular complexity index is 324. The van der Waals surface area contributed by atoms with Crippen molar-refractivity contribution in [3.8, 4) is 0 Å². The van der Waals surface area contributed by atoms with Crippen LogP contribution < -0.4 is 5.32 Å². The smallest absolute Gasteiger partial charge is 0.123 e. The number of benzene rings is 1. The Hall–Kier alpha value is -0.890. The topological polar surface area (TPSA) is 12.0 Å². The van der Waals surface area contributed by atoms with Crippen LogP contribution in [0.4, 0.5) is 4.39 Å². The van der Waals surface area contributed by atoms with Crippen molar-refractivity contribution in [2.75, 3.05) is 13.1 Å². The number of nitrogens with one attached hydrogen (secondary N) is 1. The fourth-order valence-electron chi connectivity index (χ4n) is 2.53. The summed E-state index contributed by atoms with van der Waals surface area (Å²) < 4.78 is 13.1. The summed E-state index contributed by atoms with van der Waals surface area (Å²) in [7, 11) is 0. The molecule has 0 amide bonds. The van der Waals surface area contributed by atoms with Gasteiger partial charge in [0.25, 0.3) is 0 Å². The Balaban J connectivity index is 2.15. The molecule has 1 fully saturated rings. The van der Waals surface area contributed by atoms with Crippen LogP contribution in [0, 0.1) is 11.7 Å². The zero-order valence-corrected chi connectivity index (χ0v) is 9.17. The zero-order chi connectivity index (χ0) is 10.7. The molecule has 1 saturated heterocycles. The normalized spacial score (nSPS) is 25.7. The molecule has 15 heavy (non-hydrogen) atoms. The van der Waals surface area contributed by atoms with E-state index < -0.39 is 0 Å². The molecule has 82 valence electrons. The molecule has 1 aliphatic rings. The average molecular weight is 207 g/mol. The van der Waals surface area contributed by atoms with Gasteiger partial charge in [-0.25, -0.2) is 4.39 Å². The molecule has 1 heterocycles. The van der Waals surface area contributed by atoms with E-state index in [1.54, 1.807) is 6.07 Å². The van der Waals surface area contributed by atoms with E-state index in [0.717, 1.165) is 18.7 Å². The Labute approximate surface area is 90.7 Å². The molecule has 1 N–H and O–H groups in total. The number of halogens is 1. The van der Waals surface area contributed by atoms with Gasteiger partial charge in [-0.15, -0.1) is 0 Å². The fourth-order valence-corrected chi connectivity index (χ4v) is 2.53. The first-order valence-corrected chi connectivity index (χ1v) is 5.77. The van der Waals surface area contributed by atoms with Crippen LogP contribution in [0.15, 0.2) is 24.3 Å². The van der Waals surface area contributed by atoms with Gasteiger partial charge in [0.1, 0.15) is 5.82 Å². The first kappa shape index (κ1) is 10.6. The summed E-state index contributed by atoms with van der Waals surface area (Å²) in [4.78, 5) is 0. The Kier molecular flexibility index (Phi) is 3.37. The van der Waals surface area contributed by atoms with E-state index in [2.05, 4.69) is 12.2 Å². The molecular formula is C13H18FN. The van der Waals surface area contributed by atoms with Crippen LogP contribution in [0.2, 0.25) is 0 Å². The first-order valence-electron chi connectivity index (χ1n) is 5.77. The lowest BCUT2D eigenvalue weighted by Gasteiger charge is -2.18. The lowest BCUT2D eigenvalue weighted by molar-refractivity contribution is 0.472. The van der Waals surface area contributed by atoms with Gasteiger partial charge in [0.2, 0.25) is 0 Å². The second-order valence-corrected chi connectivity index (χ2v) is 4.37. The van der Waals surface area contributed by atoms with Crippen LogP contribution in [0.5, 0.6) is 0 Å². The molecule has 0 radical (unpaired) electrons. The van der Waals surface area contributed by atoms with Crippen LogP contribution in [0.3, 0.4) is 0 Å². The van der Waals surface area contributed by atoms with Crippen LogP contribution in [0.1, 0.15) is 31.2 Å². The monoisotopic (exact) mass is 207 g/mol. The number of rotatable bonds is 3. The van der Waals surface area contributed by atoms with E-state index in [4.69, 9.17) is 0 Å². The van der Waals surface area contributed by atoms with Crippen LogP contribution >= 0.6 is 0 Å². The Morgan fingerprint density at radius 1 is 1.40 bits per heavy atom. The van der Waals surface area contributed by atoms with Crippen LogP contribution in [0.25, 0.3) is 0 Å². The third-order valence-corrected chi connectivity index (χ3v) is 3.28. The van der Waals surface area contributed by atoms with Crippen molar-refractivity contribution in [2.24, 2.45) is 5.92 Å². The Morgan fingerprint density at radius 3 is 3.00 bits per heavy atom. The molecule has 0 aliphatic carbocycles. The molecule has 1 aliphatic heterocycles. The van der Waals surface area contributed by atoms with Crippen molar-refractivity contribution >= 4 is 0 Å². The number of hydrogen-bond donors (Lipinski definition) is 1. The molecule has 0 saturated carbocycles. The average Bonchev–Trinajstić information content (AvgIpc) is 2.66. The van der Waals surface area contributed by atoms with Gasteiger partial charge in [0, 0.05) is 12.5 Å². The lowest BCUT2D eigenvalue weighted by Crippen LogP contribution is -2.10. The molecule has 1 aromatic rings. The van der Waals surface area contributed by atoms with Gasteiger partial charge in [-0.1, -0.05) is 25.5 Å². The maximum Gasteiger partial charge on any atom is 0.123 e. The minimum absolute atomic E-state index is 0.116. The van der Waals surface area contributed by atoms with E-state index >= 15 is 0 Å². The highest BCUT2D eigenvalue weighted by atomic mass is 19.1. The highest BCUT2D eigenvalue weighted by molar-refractivity contribution is 5.23. The summed E-state index contributed by atoms with van der Waals surface area (Å²) in [6.07, 6.45) is 2.44. The summed E-state index contributed by atoms with van der Waals surface area (Å²) in [6.45, 7) is 4.28. The SMILES string of the molecule is CCCC1CNCC1c1cccc(F)c1. The van der Waals surface area contributed by atoms with Gasteiger partial charge in [-0.3, -0.25) is 0 Å². The predicted octanol–water partition coefficient (Wildman–Crippen LogP) is 2.93. The molecule has 2 heteroatoms. The second kappa shape index (κ2) is 4.75. The third kappa shape index (κ3) is 2.37. The third-order valence-electron chi connectivity index (χ3n) is 3.28. The summed E-state index contributed by atoms with van der Waals surface area (Å²) in [6, 6.07) is 7.05. The molecule has 2 atom stereocenters. The van der Waals surface area contributed by atoms with E-state index in [0.29, 0.717) is 11.8 Å². The molecule has 2 unspecified atom stereocenters. The van der Waals surface area contributed by atoms with Crippen molar-refractivity contribution in [1.82, 2.24) is 5.32 Å². The molecule has 1 nitrogen and oxygen atoms in total. The molecule has 0 spiro atoms. The molecular weight excluding hydrogens is 189 g/mol. The summed E-state index contributed by atoms with van der Waals surface area (Å²) >= 11 is 0. The summed E-state index contributed by atoms with van der Waals surface area (Å²) in [5.74, 6) is 1.06. The van der Waals surface area contributed by atoms with Gasteiger partial charge in [-0.05, 0) is 36.6 Å². The van der Waals surface area contributed by atoms with Gasteiger partial charge < -0.3 is 5.32 Å². The molecule has 2 rings (SSSR count). The highest BCUT2D eigenvalue weighted by Crippen LogP contribution is 2.31. The minimum atomic E-state index is -0.116. The lowest BCUT2D eigenvalue weighted by atomic mass is 9.86. The zero-order valence-electron chi connectivity index (χ0n) is 9.17. The summed E-state index contributed by atoms with van der Waals surface area (Å²) in [5.41, 5.74) is 1.15. The van der Waals surface area contributed by atoms with Crippen molar-refractivity contribution < 1.29 is 4.39 Å². The maximum atomic E-state index is 13.1. The van der Waals surface area contributed by atoms with E-state index in [-0.39, 0.29) is 5.82 Å². The van der Waals surface area contributed by atoms with Gasteiger partial charge in [0.05, 0.1) is 0 Å². The van der Waals surface area contributed by atoms with Crippen molar-refractivity contribution in [3.05, 3.63) is 35.6 Å². The van der Waals surface area contributed by atoms with Crippen LogP contribution in [-0.2, 0) is 0 Å². The van der Waals surface area contributed by atoms with Gasteiger partial charge in [-0.2, -0.15) is 0 Å². The fraction of sp³-hybridized carbons (Fsp3) is 0.538. The Morgan fingerprint density at radius 2 is 2.27 bits per heavy atom. The standard InChI is InChI=1S/C13H18FN/c1-2-4-11-8-15-9-13(11)10-5-3-6-12(14)7-10/h3,5-7,11,13,15H,2,4,8-9H2,1H3. The quantitative estimate of drug-likeness (QED) is 0.803. The highest BCUT2D eigenvalue weighted by Gasteiger charge is 2.27. The summed E-state index contributed by atoms with van der Waals surface area (Å²) in [5, 5.41) is 3.40. The molecule has 0 bridgehead atoms. The van der Waals surface area contributed by atoms with Crippen molar-refractivity contribution in [1.29, 1.82) is 0 Å². The minimum Gasteiger partial charge on any atom is -0.316 e. The van der Waals surface area contributed by atoms with E-state index in [1.807, 2.05) is 12.1 Å². The van der Waals surface area contributed by atoms with Crippen molar-refractivity contribution in [3.63, 3.8) is 0 Å². The van der Waals surface area contributed by atoms with Gasteiger partial charge in [0.15, 0.2) is 0 Å². The van der Waals surface area contributed by atoms with E-state index in [1.165, 1.54) is 18.9 Å². The van der Waals surface area contributed by atoms with E-state index in [9.17, 15) is 4.39 Å². The van der Waals surface area contributed by atoms with Crippen LogP contribution in [-0.4, -0.2) is 13.1 Å². The van der Waals surface area contributed by atoms with Gasteiger partial charge >= 0.3 is 0 Å². The second-order valence-electron chi connectivity index (χ2n) is 4.37. The largest absolute Gasteiger partial charge is 0.316 e. The van der Waals surface area contributed by atoms with Crippen molar-refractivity contribution in [2.45, 2.75) is 25.7 Å².